The molecular formula is C12H19NO. The lowest BCUT2D eigenvalue weighted by molar-refractivity contribution is -0.127. The number of carbonyl (C=O) groups is 1. The van der Waals surface area contributed by atoms with Crippen LogP contribution in [0.5, 0.6) is 0 Å². The van der Waals surface area contributed by atoms with Crippen LogP contribution in [0.4, 0.5) is 0 Å². The molecule has 1 saturated heterocycles. The standard InChI is InChI=1S/C12H19NO/c1-7-5-8(2)12(4)10(9(7)3)6-13-11(12)14/h5,7,9-10H,6H2,1-4H3,(H,13,14)/t7-,9+,10+,12-/m1/s1. The predicted molar refractivity (Wildman–Crippen MR) is 56.7 cm³/mol. The zero-order valence-corrected chi connectivity index (χ0v) is 9.42. The minimum Gasteiger partial charge on any atom is -0.355 e. The first-order valence-corrected chi connectivity index (χ1v) is 5.45. The predicted octanol–water partition coefficient (Wildman–Crippen LogP) is 1.97. The summed E-state index contributed by atoms with van der Waals surface area (Å²) in [4.78, 5) is 11.8. The molecule has 0 spiro atoms. The van der Waals surface area contributed by atoms with Crippen molar-refractivity contribution in [3.8, 4) is 0 Å². The monoisotopic (exact) mass is 193 g/mol. The van der Waals surface area contributed by atoms with Crippen LogP contribution in [0.3, 0.4) is 0 Å². The van der Waals surface area contributed by atoms with Crippen molar-refractivity contribution in [3.05, 3.63) is 11.6 Å². The number of hydrogen-bond acceptors (Lipinski definition) is 1. The van der Waals surface area contributed by atoms with Gasteiger partial charge in [-0.15, -0.1) is 0 Å². The van der Waals surface area contributed by atoms with Crippen molar-refractivity contribution >= 4 is 5.91 Å². The Labute approximate surface area is 85.8 Å². The summed E-state index contributed by atoms with van der Waals surface area (Å²) in [7, 11) is 0. The van der Waals surface area contributed by atoms with Crippen molar-refractivity contribution in [2.45, 2.75) is 27.7 Å². The molecule has 1 N–H and O–H groups in total. The van der Waals surface area contributed by atoms with E-state index < -0.39 is 0 Å². The van der Waals surface area contributed by atoms with Gasteiger partial charge in [0, 0.05) is 6.54 Å². The van der Waals surface area contributed by atoms with Gasteiger partial charge in [0.2, 0.25) is 5.91 Å². The molecule has 14 heavy (non-hydrogen) atoms. The smallest absolute Gasteiger partial charge is 0.230 e. The molecule has 0 unspecified atom stereocenters. The Morgan fingerprint density at radius 1 is 1.50 bits per heavy atom. The summed E-state index contributed by atoms with van der Waals surface area (Å²) in [5.74, 6) is 1.90. The molecule has 2 aliphatic rings. The highest BCUT2D eigenvalue weighted by Gasteiger charge is 2.52. The van der Waals surface area contributed by atoms with Gasteiger partial charge in [0.05, 0.1) is 5.41 Å². The minimum atomic E-state index is -0.230. The Morgan fingerprint density at radius 2 is 2.14 bits per heavy atom. The Morgan fingerprint density at radius 3 is 2.79 bits per heavy atom. The third-order valence-corrected chi connectivity index (χ3v) is 4.49. The number of rotatable bonds is 0. The van der Waals surface area contributed by atoms with E-state index in [4.69, 9.17) is 0 Å². The molecule has 1 aliphatic heterocycles. The van der Waals surface area contributed by atoms with E-state index in [-0.39, 0.29) is 11.3 Å². The molecule has 1 heterocycles. The van der Waals surface area contributed by atoms with Crippen LogP contribution >= 0.6 is 0 Å². The maximum Gasteiger partial charge on any atom is 0.230 e. The normalized spacial score (nSPS) is 47.0. The number of hydrogen-bond donors (Lipinski definition) is 1. The molecule has 0 aromatic carbocycles. The first-order chi connectivity index (χ1) is 6.48. The van der Waals surface area contributed by atoms with Gasteiger partial charge in [0.15, 0.2) is 0 Å². The van der Waals surface area contributed by atoms with E-state index in [9.17, 15) is 4.79 Å². The summed E-state index contributed by atoms with van der Waals surface area (Å²) in [5, 5.41) is 3.00. The lowest BCUT2D eigenvalue weighted by Crippen LogP contribution is -2.40. The second-order valence-corrected chi connectivity index (χ2v) is 5.09. The van der Waals surface area contributed by atoms with Crippen LogP contribution in [0, 0.1) is 23.2 Å². The lowest BCUT2D eigenvalue weighted by atomic mass is 9.61. The summed E-state index contributed by atoms with van der Waals surface area (Å²) >= 11 is 0. The Kier molecular flexibility index (Phi) is 1.98. The van der Waals surface area contributed by atoms with E-state index >= 15 is 0 Å². The number of amides is 1. The molecule has 2 heteroatoms. The Hall–Kier alpha value is -0.790. The molecule has 1 aliphatic carbocycles. The summed E-state index contributed by atoms with van der Waals surface area (Å²) < 4.78 is 0. The number of fused-ring (bicyclic) bond motifs is 1. The maximum atomic E-state index is 11.8. The SMILES string of the molecule is CC1=C[C@@H](C)[C@H](C)[C@@H]2CNC(=O)[C@]12C. The van der Waals surface area contributed by atoms with Crippen molar-refractivity contribution < 1.29 is 4.79 Å². The molecule has 0 saturated carbocycles. The third-order valence-electron chi connectivity index (χ3n) is 4.49. The summed E-state index contributed by atoms with van der Waals surface area (Å²) in [6.45, 7) is 9.55. The molecule has 2 nitrogen and oxygen atoms in total. The van der Waals surface area contributed by atoms with Crippen LogP contribution in [0.15, 0.2) is 11.6 Å². The summed E-state index contributed by atoms with van der Waals surface area (Å²) in [6.07, 6.45) is 2.27. The molecule has 1 fully saturated rings. The van der Waals surface area contributed by atoms with Gasteiger partial charge >= 0.3 is 0 Å². The van der Waals surface area contributed by atoms with Crippen LogP contribution in [0.1, 0.15) is 27.7 Å². The van der Waals surface area contributed by atoms with Crippen molar-refractivity contribution in [2.75, 3.05) is 6.54 Å². The van der Waals surface area contributed by atoms with E-state index in [1.165, 1.54) is 5.57 Å². The van der Waals surface area contributed by atoms with Crippen LogP contribution in [-0.4, -0.2) is 12.5 Å². The quantitative estimate of drug-likeness (QED) is 0.585. The Balaban J connectivity index is 2.48. The Bertz CT molecular complexity index is 307. The van der Waals surface area contributed by atoms with Crippen molar-refractivity contribution in [1.82, 2.24) is 5.32 Å². The van der Waals surface area contributed by atoms with Gasteiger partial charge in [-0.1, -0.05) is 25.5 Å². The zero-order chi connectivity index (χ0) is 10.5. The highest BCUT2D eigenvalue weighted by molar-refractivity contribution is 5.88. The second kappa shape index (κ2) is 2.85. The summed E-state index contributed by atoms with van der Waals surface area (Å²) in [6, 6.07) is 0. The number of allylic oxidation sites excluding steroid dienone is 1. The first kappa shape index (κ1) is 9.75. The van der Waals surface area contributed by atoms with Gasteiger partial charge in [-0.3, -0.25) is 4.79 Å². The van der Waals surface area contributed by atoms with Crippen LogP contribution in [-0.2, 0) is 4.79 Å². The van der Waals surface area contributed by atoms with E-state index in [1.807, 2.05) is 0 Å². The van der Waals surface area contributed by atoms with Gasteiger partial charge in [0.25, 0.3) is 0 Å². The van der Waals surface area contributed by atoms with Gasteiger partial charge < -0.3 is 5.32 Å². The molecule has 0 aromatic heterocycles. The van der Waals surface area contributed by atoms with Gasteiger partial charge in [-0.05, 0) is 31.6 Å². The van der Waals surface area contributed by atoms with Crippen molar-refractivity contribution in [2.24, 2.45) is 23.2 Å². The fourth-order valence-corrected chi connectivity index (χ4v) is 3.03. The third kappa shape index (κ3) is 0.999. The highest BCUT2D eigenvalue weighted by atomic mass is 16.2. The van der Waals surface area contributed by atoms with Gasteiger partial charge in [-0.25, -0.2) is 0 Å². The van der Waals surface area contributed by atoms with Crippen LogP contribution in [0.25, 0.3) is 0 Å². The van der Waals surface area contributed by atoms with Gasteiger partial charge in [-0.2, -0.15) is 0 Å². The lowest BCUT2D eigenvalue weighted by Gasteiger charge is -2.40. The van der Waals surface area contributed by atoms with Crippen LogP contribution in [0.2, 0.25) is 0 Å². The molecule has 0 aromatic rings. The highest BCUT2D eigenvalue weighted by Crippen LogP contribution is 2.49. The fourth-order valence-electron chi connectivity index (χ4n) is 3.03. The van der Waals surface area contributed by atoms with Crippen LogP contribution < -0.4 is 5.32 Å². The fraction of sp³-hybridized carbons (Fsp3) is 0.750. The topological polar surface area (TPSA) is 29.1 Å². The largest absolute Gasteiger partial charge is 0.355 e. The molecular weight excluding hydrogens is 174 g/mol. The van der Waals surface area contributed by atoms with E-state index in [0.717, 1.165) is 6.54 Å². The molecule has 4 atom stereocenters. The van der Waals surface area contributed by atoms with Crippen molar-refractivity contribution in [1.29, 1.82) is 0 Å². The molecule has 0 radical (unpaired) electrons. The molecule has 1 amide bonds. The average molecular weight is 193 g/mol. The number of carbonyl (C=O) groups excluding carboxylic acids is 1. The first-order valence-electron chi connectivity index (χ1n) is 5.45. The zero-order valence-electron chi connectivity index (χ0n) is 9.42. The molecule has 2 rings (SSSR count). The van der Waals surface area contributed by atoms with E-state index in [1.54, 1.807) is 0 Å². The minimum absolute atomic E-state index is 0.218. The summed E-state index contributed by atoms with van der Waals surface area (Å²) in [5.41, 5.74) is 1.02. The van der Waals surface area contributed by atoms with Crippen molar-refractivity contribution in [3.63, 3.8) is 0 Å². The van der Waals surface area contributed by atoms with E-state index in [2.05, 4.69) is 39.1 Å². The second-order valence-electron chi connectivity index (χ2n) is 5.09. The van der Waals surface area contributed by atoms with Gasteiger partial charge in [0.1, 0.15) is 0 Å². The molecule has 78 valence electrons. The average Bonchev–Trinajstić information content (AvgIpc) is 2.42. The molecule has 0 bridgehead atoms. The number of nitrogens with one attached hydrogen (secondary N) is 1. The van der Waals surface area contributed by atoms with E-state index in [0.29, 0.717) is 17.8 Å². The maximum absolute atomic E-state index is 11.8.